The Hall–Kier alpha value is -3.25. The van der Waals surface area contributed by atoms with Crippen LogP contribution in [0.2, 0.25) is 0 Å². The summed E-state index contributed by atoms with van der Waals surface area (Å²) in [5.74, 6) is 1.02. The molecule has 0 amide bonds. The number of methoxy groups -OCH3 is 1. The average molecular weight is 417 g/mol. The first-order chi connectivity index (χ1) is 15.2. The SMILES string of the molecule is COc1ccc(-c2cnn3c(C4CCCN(Cc5ccc(F)cc5)C4)ccnc23)cc1. The molecule has 1 atom stereocenters. The molecular weight excluding hydrogens is 391 g/mol. The first kappa shape index (κ1) is 19.7. The Morgan fingerprint density at radius 2 is 1.87 bits per heavy atom. The Kier molecular flexibility index (Phi) is 5.38. The van der Waals surface area contributed by atoms with E-state index >= 15 is 0 Å². The molecule has 0 N–H and O–H groups in total. The number of nitrogens with zero attached hydrogens (tertiary/aromatic N) is 4. The van der Waals surface area contributed by atoms with E-state index in [1.54, 1.807) is 7.11 Å². The van der Waals surface area contributed by atoms with Crippen LogP contribution in [0.5, 0.6) is 5.75 Å². The molecule has 1 saturated heterocycles. The Labute approximate surface area is 181 Å². The quantitative estimate of drug-likeness (QED) is 0.463. The van der Waals surface area contributed by atoms with Crippen LogP contribution in [0.3, 0.4) is 0 Å². The lowest BCUT2D eigenvalue weighted by molar-refractivity contribution is 0.197. The molecule has 3 heterocycles. The summed E-state index contributed by atoms with van der Waals surface area (Å²) < 4.78 is 20.5. The van der Waals surface area contributed by atoms with Crippen molar-refractivity contribution in [2.24, 2.45) is 0 Å². The van der Waals surface area contributed by atoms with Crippen LogP contribution in [0.15, 0.2) is 67.0 Å². The molecular formula is C25H25FN4O. The zero-order valence-electron chi connectivity index (χ0n) is 17.5. The summed E-state index contributed by atoms with van der Waals surface area (Å²) >= 11 is 0. The number of hydrogen-bond acceptors (Lipinski definition) is 4. The lowest BCUT2D eigenvalue weighted by atomic mass is 9.94. The van der Waals surface area contributed by atoms with Crippen molar-refractivity contribution in [1.82, 2.24) is 19.5 Å². The van der Waals surface area contributed by atoms with Crippen LogP contribution < -0.4 is 4.74 Å². The predicted molar refractivity (Wildman–Crippen MR) is 119 cm³/mol. The number of ether oxygens (including phenoxy) is 1. The van der Waals surface area contributed by atoms with Crippen molar-refractivity contribution in [3.63, 3.8) is 0 Å². The fourth-order valence-corrected chi connectivity index (χ4v) is 4.48. The van der Waals surface area contributed by atoms with Crippen LogP contribution in [0.4, 0.5) is 4.39 Å². The fourth-order valence-electron chi connectivity index (χ4n) is 4.48. The molecule has 0 saturated carbocycles. The minimum atomic E-state index is -0.189. The van der Waals surface area contributed by atoms with Crippen molar-refractivity contribution in [3.05, 3.63) is 84.1 Å². The van der Waals surface area contributed by atoms with Gasteiger partial charge < -0.3 is 4.74 Å². The zero-order chi connectivity index (χ0) is 21.2. The van der Waals surface area contributed by atoms with Crippen LogP contribution in [0.25, 0.3) is 16.8 Å². The number of halogens is 1. The van der Waals surface area contributed by atoms with Gasteiger partial charge in [0.25, 0.3) is 0 Å². The van der Waals surface area contributed by atoms with Crippen molar-refractivity contribution in [1.29, 1.82) is 0 Å². The summed E-state index contributed by atoms with van der Waals surface area (Å²) in [7, 11) is 1.67. The van der Waals surface area contributed by atoms with E-state index in [-0.39, 0.29) is 5.82 Å². The first-order valence-corrected chi connectivity index (χ1v) is 10.6. The highest BCUT2D eigenvalue weighted by molar-refractivity contribution is 5.77. The summed E-state index contributed by atoms with van der Waals surface area (Å²) in [6.07, 6.45) is 6.03. The molecule has 0 spiro atoms. The minimum absolute atomic E-state index is 0.189. The summed E-state index contributed by atoms with van der Waals surface area (Å²) in [4.78, 5) is 7.08. The Morgan fingerprint density at radius 3 is 2.65 bits per heavy atom. The third-order valence-electron chi connectivity index (χ3n) is 6.07. The highest BCUT2D eigenvalue weighted by Gasteiger charge is 2.24. The summed E-state index contributed by atoms with van der Waals surface area (Å²) in [5, 5.41) is 4.69. The molecule has 0 bridgehead atoms. The van der Waals surface area contributed by atoms with Gasteiger partial charge in [-0.25, -0.2) is 13.9 Å². The van der Waals surface area contributed by atoms with Crippen LogP contribution in [0.1, 0.15) is 30.0 Å². The lowest BCUT2D eigenvalue weighted by Crippen LogP contribution is -2.34. The van der Waals surface area contributed by atoms with Gasteiger partial charge in [0.05, 0.1) is 19.0 Å². The van der Waals surface area contributed by atoms with E-state index in [1.165, 1.54) is 17.8 Å². The highest BCUT2D eigenvalue weighted by atomic mass is 19.1. The van der Waals surface area contributed by atoms with Gasteiger partial charge in [0, 0.05) is 30.8 Å². The van der Waals surface area contributed by atoms with Gasteiger partial charge in [-0.05, 0) is 60.8 Å². The maximum atomic E-state index is 13.2. The molecule has 0 aliphatic carbocycles. The van der Waals surface area contributed by atoms with Gasteiger partial charge in [-0.2, -0.15) is 5.10 Å². The lowest BCUT2D eigenvalue weighted by Gasteiger charge is -2.33. The van der Waals surface area contributed by atoms with Gasteiger partial charge in [0.1, 0.15) is 11.6 Å². The van der Waals surface area contributed by atoms with Crippen molar-refractivity contribution in [2.75, 3.05) is 20.2 Å². The van der Waals surface area contributed by atoms with Crippen LogP contribution in [0, 0.1) is 5.82 Å². The van der Waals surface area contributed by atoms with Crippen LogP contribution in [-0.4, -0.2) is 39.7 Å². The predicted octanol–water partition coefficient (Wildman–Crippen LogP) is 4.92. The van der Waals surface area contributed by atoms with Gasteiger partial charge in [-0.1, -0.05) is 24.3 Å². The van der Waals surface area contributed by atoms with E-state index in [0.717, 1.165) is 60.6 Å². The molecule has 31 heavy (non-hydrogen) atoms. The van der Waals surface area contributed by atoms with Gasteiger partial charge in [0.2, 0.25) is 0 Å². The summed E-state index contributed by atoms with van der Waals surface area (Å²) in [5.41, 5.74) is 5.29. The Balaban J connectivity index is 1.40. The van der Waals surface area contributed by atoms with Gasteiger partial charge >= 0.3 is 0 Å². The van der Waals surface area contributed by atoms with Crippen LogP contribution >= 0.6 is 0 Å². The molecule has 5 rings (SSSR count). The second-order valence-corrected chi connectivity index (χ2v) is 8.09. The molecule has 2 aromatic heterocycles. The molecule has 1 aliphatic heterocycles. The molecule has 1 aliphatic rings. The average Bonchev–Trinajstić information content (AvgIpc) is 3.25. The first-order valence-electron chi connectivity index (χ1n) is 10.6. The van der Waals surface area contributed by atoms with E-state index in [0.29, 0.717) is 5.92 Å². The fraction of sp³-hybridized carbons (Fsp3) is 0.280. The van der Waals surface area contributed by atoms with E-state index in [1.807, 2.05) is 53.3 Å². The van der Waals surface area contributed by atoms with Crippen molar-refractivity contribution in [2.45, 2.75) is 25.3 Å². The minimum Gasteiger partial charge on any atom is -0.497 e. The topological polar surface area (TPSA) is 42.7 Å². The largest absolute Gasteiger partial charge is 0.497 e. The molecule has 158 valence electrons. The third-order valence-corrected chi connectivity index (χ3v) is 6.07. The number of fused-ring (bicyclic) bond motifs is 1. The standard InChI is InChI=1S/C25H25FN4O/c1-31-22-10-6-19(7-11-22)23-15-28-30-24(12-13-27-25(23)30)20-3-2-14-29(17-20)16-18-4-8-21(26)9-5-18/h4-13,15,20H,2-3,14,16-17H2,1H3. The van der Waals surface area contributed by atoms with Crippen molar-refractivity contribution < 1.29 is 9.13 Å². The van der Waals surface area contributed by atoms with E-state index in [2.05, 4.69) is 16.0 Å². The monoisotopic (exact) mass is 416 g/mol. The molecule has 1 unspecified atom stereocenters. The molecule has 5 nitrogen and oxygen atoms in total. The van der Waals surface area contributed by atoms with Crippen molar-refractivity contribution in [3.8, 4) is 16.9 Å². The van der Waals surface area contributed by atoms with E-state index in [9.17, 15) is 4.39 Å². The third kappa shape index (κ3) is 4.03. The Morgan fingerprint density at radius 1 is 1.06 bits per heavy atom. The number of rotatable bonds is 5. The number of piperidine rings is 1. The van der Waals surface area contributed by atoms with Crippen molar-refractivity contribution >= 4 is 5.65 Å². The summed E-state index contributed by atoms with van der Waals surface area (Å²) in [6.45, 7) is 2.84. The smallest absolute Gasteiger partial charge is 0.163 e. The van der Waals surface area contributed by atoms with E-state index < -0.39 is 0 Å². The van der Waals surface area contributed by atoms with Gasteiger partial charge in [-0.3, -0.25) is 4.90 Å². The van der Waals surface area contributed by atoms with Crippen LogP contribution in [-0.2, 0) is 6.54 Å². The number of likely N-dealkylation sites (tertiary alicyclic amines) is 1. The maximum Gasteiger partial charge on any atom is 0.163 e. The number of aromatic nitrogens is 3. The van der Waals surface area contributed by atoms with E-state index in [4.69, 9.17) is 9.84 Å². The second kappa shape index (κ2) is 8.47. The molecule has 4 aromatic rings. The Bertz CT molecular complexity index is 1170. The number of benzene rings is 2. The molecule has 2 aromatic carbocycles. The zero-order valence-corrected chi connectivity index (χ0v) is 17.5. The normalized spacial score (nSPS) is 17.2. The maximum absolute atomic E-state index is 13.2. The summed E-state index contributed by atoms with van der Waals surface area (Å²) in [6, 6.07) is 16.9. The second-order valence-electron chi connectivity index (χ2n) is 8.09. The molecule has 1 fully saturated rings. The van der Waals surface area contributed by atoms with Gasteiger partial charge in [0.15, 0.2) is 5.65 Å². The number of hydrogen-bond donors (Lipinski definition) is 0. The highest BCUT2D eigenvalue weighted by Crippen LogP contribution is 2.31. The van der Waals surface area contributed by atoms with Gasteiger partial charge in [-0.15, -0.1) is 0 Å². The molecule has 0 radical (unpaired) electrons. The molecule has 6 heteroatoms.